The molecule has 0 unspecified atom stereocenters. The minimum Gasteiger partial charge on any atom is -0.309 e. The molecule has 3 aromatic rings. The van der Waals surface area contributed by atoms with Crippen molar-refractivity contribution in [2.75, 3.05) is 5.32 Å². The molecule has 3 heterocycles. The van der Waals surface area contributed by atoms with Gasteiger partial charge in [-0.1, -0.05) is 17.3 Å². The van der Waals surface area contributed by atoms with Gasteiger partial charge < -0.3 is 5.32 Å². The fraction of sp³-hybridized carbons (Fsp3) is 0.267. The number of nitrogens with zero attached hydrogens (tertiary/aromatic N) is 5. The van der Waals surface area contributed by atoms with Crippen LogP contribution in [0, 0.1) is 0 Å². The van der Waals surface area contributed by atoms with Gasteiger partial charge in [0.25, 0.3) is 5.56 Å². The van der Waals surface area contributed by atoms with Crippen molar-refractivity contribution in [3.05, 3.63) is 45.9 Å². The summed E-state index contributed by atoms with van der Waals surface area (Å²) < 4.78 is 2.74. The summed E-state index contributed by atoms with van der Waals surface area (Å²) in [5.41, 5.74) is 2.23. The number of aromatic nitrogens is 5. The largest absolute Gasteiger partial charge is 0.309 e. The monoisotopic (exact) mass is 342 g/mol. The summed E-state index contributed by atoms with van der Waals surface area (Å²) in [7, 11) is 1.79. The molecule has 0 saturated heterocycles. The summed E-state index contributed by atoms with van der Waals surface area (Å²) in [6, 6.07) is 6.93. The number of carbonyl (C=O) groups excluding carboxylic acids is 1. The van der Waals surface area contributed by atoms with Crippen molar-refractivity contribution in [2.45, 2.75) is 18.1 Å². The average Bonchev–Trinajstić information content (AvgIpc) is 3.13. The molecule has 1 aliphatic rings. The van der Waals surface area contributed by atoms with E-state index >= 15 is 0 Å². The Kier molecular flexibility index (Phi) is 3.57. The number of fused-ring (bicyclic) bond motifs is 2. The lowest BCUT2D eigenvalue weighted by atomic mass is 10.2. The molecule has 9 heteroatoms. The lowest BCUT2D eigenvalue weighted by molar-refractivity contribution is -0.117. The molecule has 122 valence electrons. The lowest BCUT2D eigenvalue weighted by Crippen LogP contribution is -2.31. The number of nitrogens with one attached hydrogen (secondary N) is 1. The van der Waals surface area contributed by atoms with Crippen LogP contribution in [0.5, 0.6) is 0 Å². The minimum atomic E-state index is -0.332. The van der Waals surface area contributed by atoms with Crippen LogP contribution in [0.3, 0.4) is 0 Å². The van der Waals surface area contributed by atoms with Gasteiger partial charge >= 0.3 is 0 Å². The molecule has 1 N–H and O–H groups in total. The van der Waals surface area contributed by atoms with Crippen LogP contribution in [0.25, 0.3) is 10.9 Å². The van der Waals surface area contributed by atoms with E-state index in [0.29, 0.717) is 16.7 Å². The number of hydrogen-bond acceptors (Lipinski definition) is 6. The Morgan fingerprint density at radius 1 is 1.33 bits per heavy atom. The first-order chi connectivity index (χ1) is 11.6. The van der Waals surface area contributed by atoms with Gasteiger partial charge in [0.1, 0.15) is 17.9 Å². The Labute approximate surface area is 140 Å². The van der Waals surface area contributed by atoms with E-state index in [1.54, 1.807) is 47.8 Å². The van der Waals surface area contributed by atoms with Crippen LogP contribution >= 0.6 is 11.8 Å². The van der Waals surface area contributed by atoms with Gasteiger partial charge in [-0.3, -0.25) is 14.3 Å². The Bertz CT molecular complexity index is 1010. The first-order valence-corrected chi connectivity index (χ1v) is 8.54. The number of thioether (sulfide) groups is 1. The molecule has 4 rings (SSSR count). The van der Waals surface area contributed by atoms with E-state index in [1.807, 2.05) is 0 Å². The topological polar surface area (TPSA) is 94.7 Å². The van der Waals surface area contributed by atoms with Crippen LogP contribution in [-0.4, -0.2) is 30.7 Å². The van der Waals surface area contributed by atoms with Crippen LogP contribution in [0.4, 0.5) is 5.82 Å². The Morgan fingerprint density at radius 3 is 3.04 bits per heavy atom. The fourth-order valence-electron chi connectivity index (χ4n) is 2.73. The third kappa shape index (κ3) is 2.46. The number of carbonyl (C=O) groups is 1. The molecule has 0 atom stereocenters. The Balaban J connectivity index is 1.59. The summed E-state index contributed by atoms with van der Waals surface area (Å²) in [4.78, 5) is 24.7. The van der Waals surface area contributed by atoms with Crippen molar-refractivity contribution in [3.63, 3.8) is 0 Å². The second-order valence-electron chi connectivity index (χ2n) is 5.51. The predicted molar refractivity (Wildman–Crippen MR) is 90.6 cm³/mol. The van der Waals surface area contributed by atoms with E-state index < -0.39 is 0 Å². The van der Waals surface area contributed by atoms with Crippen molar-refractivity contribution in [1.82, 2.24) is 24.8 Å². The maximum absolute atomic E-state index is 12.4. The van der Waals surface area contributed by atoms with Gasteiger partial charge in [-0.25, -0.2) is 4.68 Å². The molecule has 2 aromatic heterocycles. The van der Waals surface area contributed by atoms with Crippen molar-refractivity contribution in [3.8, 4) is 0 Å². The molecular weight excluding hydrogens is 328 g/mol. The molecule has 0 bridgehead atoms. The normalized spacial score (nSPS) is 13.2. The van der Waals surface area contributed by atoms with Crippen molar-refractivity contribution >= 4 is 34.4 Å². The van der Waals surface area contributed by atoms with Crippen LogP contribution in [-0.2, 0) is 29.9 Å². The number of benzene rings is 1. The van der Waals surface area contributed by atoms with Gasteiger partial charge in [0.15, 0.2) is 0 Å². The van der Waals surface area contributed by atoms with Crippen molar-refractivity contribution in [1.29, 1.82) is 0 Å². The lowest BCUT2D eigenvalue weighted by Gasteiger charge is -2.08. The fourth-order valence-corrected chi connectivity index (χ4v) is 3.77. The van der Waals surface area contributed by atoms with E-state index in [-0.39, 0.29) is 18.0 Å². The first-order valence-electron chi connectivity index (χ1n) is 7.38. The number of rotatable bonds is 3. The number of anilines is 1. The van der Waals surface area contributed by atoms with Crippen LogP contribution in [0.15, 0.2) is 29.1 Å². The highest BCUT2D eigenvalue weighted by molar-refractivity contribution is 7.98. The molecule has 1 aliphatic heterocycles. The number of amides is 1. The minimum absolute atomic E-state index is 0.191. The highest BCUT2D eigenvalue weighted by Gasteiger charge is 2.22. The number of hydrogen-bond donors (Lipinski definition) is 1. The maximum Gasteiger partial charge on any atom is 0.278 e. The van der Waals surface area contributed by atoms with Crippen molar-refractivity contribution < 1.29 is 4.79 Å². The van der Waals surface area contributed by atoms with Gasteiger partial charge in [0, 0.05) is 24.1 Å². The summed E-state index contributed by atoms with van der Waals surface area (Å²) in [5.74, 6) is 2.04. The Morgan fingerprint density at radius 2 is 2.17 bits per heavy atom. The quantitative estimate of drug-likeness (QED) is 0.760. The molecule has 0 radical (unpaired) electrons. The summed E-state index contributed by atoms with van der Waals surface area (Å²) in [6.45, 7) is -0.191. The molecule has 8 nitrogen and oxygen atoms in total. The zero-order valence-corrected chi connectivity index (χ0v) is 13.7. The highest BCUT2D eigenvalue weighted by Crippen LogP contribution is 2.34. The standard InChI is InChI=1S/C15H14N6O2S/c1-20-14(10-7-24-8-12(10)18-20)16-13(22)6-21-15(23)9-4-2-3-5-11(9)17-19-21/h2-5H,6-8H2,1H3,(H,16,22). The third-order valence-corrected chi connectivity index (χ3v) is 4.86. The molecule has 0 fully saturated rings. The van der Waals surface area contributed by atoms with Crippen molar-refractivity contribution in [2.24, 2.45) is 7.05 Å². The third-order valence-electron chi connectivity index (χ3n) is 3.89. The molecular formula is C15H14N6O2S. The van der Waals surface area contributed by atoms with Gasteiger partial charge in [-0.2, -0.15) is 16.9 Å². The van der Waals surface area contributed by atoms with Gasteiger partial charge in [0.2, 0.25) is 5.91 Å². The van der Waals surface area contributed by atoms with E-state index in [1.165, 1.54) is 0 Å². The SMILES string of the molecule is Cn1nc2c(c1NC(=O)Cn1nnc3ccccc3c1=O)CSC2. The van der Waals surface area contributed by atoms with Crippen LogP contribution < -0.4 is 10.9 Å². The zero-order chi connectivity index (χ0) is 16.7. The highest BCUT2D eigenvalue weighted by atomic mass is 32.2. The number of aryl methyl sites for hydroxylation is 1. The van der Waals surface area contributed by atoms with Gasteiger partial charge in [0.05, 0.1) is 11.1 Å². The second kappa shape index (κ2) is 5.75. The molecule has 0 spiro atoms. The van der Waals surface area contributed by atoms with Crippen LogP contribution in [0.1, 0.15) is 11.3 Å². The van der Waals surface area contributed by atoms with Crippen LogP contribution in [0.2, 0.25) is 0 Å². The van der Waals surface area contributed by atoms with E-state index in [4.69, 9.17) is 0 Å². The van der Waals surface area contributed by atoms with E-state index in [9.17, 15) is 9.59 Å². The second-order valence-corrected chi connectivity index (χ2v) is 6.49. The Hall–Kier alpha value is -2.68. The molecule has 24 heavy (non-hydrogen) atoms. The molecule has 1 aromatic carbocycles. The van der Waals surface area contributed by atoms with Gasteiger partial charge in [-0.15, -0.1) is 5.10 Å². The summed E-state index contributed by atoms with van der Waals surface area (Å²) in [6.07, 6.45) is 0. The van der Waals surface area contributed by atoms with E-state index in [0.717, 1.165) is 27.4 Å². The average molecular weight is 342 g/mol. The zero-order valence-electron chi connectivity index (χ0n) is 12.9. The van der Waals surface area contributed by atoms with Gasteiger partial charge in [-0.05, 0) is 12.1 Å². The summed E-state index contributed by atoms with van der Waals surface area (Å²) in [5, 5.41) is 15.5. The maximum atomic E-state index is 12.4. The molecule has 0 saturated carbocycles. The summed E-state index contributed by atoms with van der Waals surface area (Å²) >= 11 is 1.76. The first kappa shape index (κ1) is 14.9. The van der Waals surface area contributed by atoms with E-state index in [2.05, 4.69) is 20.7 Å². The predicted octanol–water partition coefficient (Wildman–Crippen LogP) is 0.910. The molecule has 0 aliphatic carbocycles. The molecule has 1 amide bonds. The smallest absolute Gasteiger partial charge is 0.278 e.